The minimum absolute atomic E-state index is 0.107. The fourth-order valence-corrected chi connectivity index (χ4v) is 2.64. The first kappa shape index (κ1) is 9.61. The average molecular weight is 201 g/mol. The summed E-state index contributed by atoms with van der Waals surface area (Å²) in [5.74, 6) is 0.107. The van der Waals surface area contributed by atoms with Crippen LogP contribution in [0.3, 0.4) is 0 Å². The van der Waals surface area contributed by atoms with Crippen molar-refractivity contribution in [3.8, 4) is 0 Å². The van der Waals surface area contributed by atoms with Crippen LogP contribution in [0.5, 0.6) is 0 Å². The molecule has 1 aromatic rings. The summed E-state index contributed by atoms with van der Waals surface area (Å²) in [5.41, 5.74) is 1.00. The van der Waals surface area contributed by atoms with E-state index in [1.165, 1.54) is 11.3 Å². The van der Waals surface area contributed by atoms with Gasteiger partial charge < -0.3 is 4.57 Å². The van der Waals surface area contributed by atoms with Gasteiger partial charge in [-0.25, -0.2) is 0 Å². The molecule has 0 saturated carbocycles. The molecule has 0 unspecified atom stereocenters. The average Bonchev–Trinajstić information content (AvgIpc) is 2.27. The molecule has 0 aliphatic rings. The maximum absolute atomic E-state index is 11.1. The molecule has 0 radical (unpaired) electrons. The summed E-state index contributed by atoms with van der Waals surface area (Å²) in [4.78, 5) is 11.9. The number of hydrogen-bond acceptors (Lipinski definition) is 3. The highest BCUT2D eigenvalue weighted by atomic mass is 32.1. The third-order valence-corrected chi connectivity index (χ3v) is 3.43. The van der Waals surface area contributed by atoms with Gasteiger partial charge >= 0.3 is 0 Å². The van der Waals surface area contributed by atoms with Crippen molar-refractivity contribution in [1.29, 1.82) is 0 Å². The highest BCUT2D eigenvalue weighted by Crippen LogP contribution is 2.18. The lowest BCUT2D eigenvalue weighted by Crippen LogP contribution is -1.99. The van der Waals surface area contributed by atoms with Gasteiger partial charge in [0.1, 0.15) is 0 Å². The second-order valence-corrected chi connectivity index (χ2v) is 4.23. The number of ketones is 1. The Morgan fingerprint density at radius 2 is 2.25 bits per heavy atom. The summed E-state index contributed by atoms with van der Waals surface area (Å²) in [6.07, 6.45) is 0. The topological polar surface area (TPSA) is 22.0 Å². The van der Waals surface area contributed by atoms with Crippen molar-refractivity contribution in [2.45, 2.75) is 27.3 Å². The van der Waals surface area contributed by atoms with Crippen LogP contribution in [0.4, 0.5) is 0 Å². The molecule has 0 aromatic carbocycles. The molecule has 0 amide bonds. The molecule has 0 aliphatic carbocycles. The van der Waals surface area contributed by atoms with E-state index in [-0.39, 0.29) is 5.78 Å². The minimum Gasteiger partial charge on any atom is -0.327 e. The van der Waals surface area contributed by atoms with Crippen molar-refractivity contribution >= 4 is 29.3 Å². The number of aromatic nitrogens is 1. The van der Waals surface area contributed by atoms with Crippen molar-refractivity contribution in [3.05, 3.63) is 14.5 Å². The molecule has 4 heteroatoms. The van der Waals surface area contributed by atoms with Gasteiger partial charge in [-0.1, -0.05) is 0 Å². The number of Topliss-reactive ketones (excluding diaryl/α,β-unsaturated/α-hetero) is 1. The predicted molar refractivity (Wildman–Crippen MR) is 53.6 cm³/mol. The van der Waals surface area contributed by atoms with Gasteiger partial charge in [0.05, 0.1) is 4.88 Å². The zero-order valence-corrected chi connectivity index (χ0v) is 9.01. The number of hydrogen-bond donors (Lipinski definition) is 0. The van der Waals surface area contributed by atoms with Crippen LogP contribution in [0, 0.1) is 10.9 Å². The molecule has 0 saturated heterocycles. The molecule has 1 rings (SSSR count). The van der Waals surface area contributed by atoms with Crippen molar-refractivity contribution in [1.82, 2.24) is 4.57 Å². The largest absolute Gasteiger partial charge is 0.327 e. The van der Waals surface area contributed by atoms with Crippen LogP contribution in [0.25, 0.3) is 0 Å². The number of thiazole rings is 1. The van der Waals surface area contributed by atoms with E-state index in [1.807, 2.05) is 18.4 Å². The lowest BCUT2D eigenvalue weighted by Gasteiger charge is -1.99. The monoisotopic (exact) mass is 201 g/mol. The number of carbonyl (C=O) groups is 1. The molecule has 1 heterocycles. The van der Waals surface area contributed by atoms with Crippen LogP contribution in [0.1, 0.15) is 29.2 Å². The van der Waals surface area contributed by atoms with Gasteiger partial charge in [-0.3, -0.25) is 4.79 Å². The molecule has 66 valence electrons. The Morgan fingerprint density at radius 3 is 2.50 bits per heavy atom. The summed E-state index contributed by atoms with van der Waals surface area (Å²) < 4.78 is 2.77. The van der Waals surface area contributed by atoms with Gasteiger partial charge in [-0.2, -0.15) is 0 Å². The minimum atomic E-state index is 0.107. The predicted octanol–water partition coefficient (Wildman–Crippen LogP) is 2.81. The molecular weight excluding hydrogens is 190 g/mol. The highest BCUT2D eigenvalue weighted by Gasteiger charge is 2.10. The Morgan fingerprint density at radius 1 is 1.67 bits per heavy atom. The van der Waals surface area contributed by atoms with Crippen LogP contribution in [-0.2, 0) is 6.54 Å². The van der Waals surface area contributed by atoms with E-state index in [0.717, 1.165) is 21.1 Å². The summed E-state index contributed by atoms with van der Waals surface area (Å²) in [7, 11) is 0. The van der Waals surface area contributed by atoms with Crippen LogP contribution < -0.4 is 0 Å². The maximum atomic E-state index is 11.1. The van der Waals surface area contributed by atoms with Gasteiger partial charge in [0, 0.05) is 19.2 Å². The van der Waals surface area contributed by atoms with Crippen molar-refractivity contribution < 1.29 is 4.79 Å². The summed E-state index contributed by atoms with van der Waals surface area (Å²) in [6.45, 7) is 6.38. The highest BCUT2D eigenvalue weighted by molar-refractivity contribution is 7.73. The van der Waals surface area contributed by atoms with E-state index < -0.39 is 0 Å². The molecule has 12 heavy (non-hydrogen) atoms. The maximum Gasteiger partial charge on any atom is 0.171 e. The molecule has 2 nitrogen and oxygen atoms in total. The first-order valence-corrected chi connectivity index (χ1v) is 5.01. The van der Waals surface area contributed by atoms with E-state index in [9.17, 15) is 4.79 Å². The van der Waals surface area contributed by atoms with Gasteiger partial charge in [0.25, 0.3) is 0 Å². The summed E-state index contributed by atoms with van der Waals surface area (Å²) >= 11 is 6.51. The lowest BCUT2D eigenvalue weighted by molar-refractivity contribution is 0.102. The van der Waals surface area contributed by atoms with Crippen LogP contribution in [0.15, 0.2) is 0 Å². The number of carbonyl (C=O) groups excluding carboxylic acids is 1. The van der Waals surface area contributed by atoms with E-state index in [2.05, 4.69) is 0 Å². The Hall–Kier alpha value is -0.480. The Balaban J connectivity index is 3.36. The smallest absolute Gasteiger partial charge is 0.171 e. The SMILES string of the molecule is CCn1c(C)c(C(C)=O)sc1=S. The van der Waals surface area contributed by atoms with Crippen molar-refractivity contribution in [3.63, 3.8) is 0 Å². The fraction of sp³-hybridized carbons (Fsp3) is 0.500. The van der Waals surface area contributed by atoms with E-state index in [0.29, 0.717) is 0 Å². The molecule has 0 bridgehead atoms. The zero-order valence-electron chi connectivity index (χ0n) is 7.38. The summed E-state index contributed by atoms with van der Waals surface area (Å²) in [6, 6.07) is 0. The van der Waals surface area contributed by atoms with Crippen molar-refractivity contribution in [2.24, 2.45) is 0 Å². The Labute approximate surface area is 80.8 Å². The van der Waals surface area contributed by atoms with Gasteiger partial charge in [-0.15, -0.1) is 11.3 Å². The van der Waals surface area contributed by atoms with Gasteiger partial charge in [0.15, 0.2) is 9.74 Å². The molecule has 0 spiro atoms. The van der Waals surface area contributed by atoms with Crippen LogP contribution >= 0.6 is 23.6 Å². The quantitative estimate of drug-likeness (QED) is 0.542. The lowest BCUT2D eigenvalue weighted by atomic mass is 10.3. The molecule has 0 atom stereocenters. The molecular formula is C8H11NOS2. The number of nitrogens with zero attached hydrogens (tertiary/aromatic N) is 1. The van der Waals surface area contributed by atoms with E-state index in [4.69, 9.17) is 12.2 Å². The first-order valence-electron chi connectivity index (χ1n) is 3.79. The number of rotatable bonds is 2. The van der Waals surface area contributed by atoms with E-state index in [1.54, 1.807) is 6.92 Å². The standard InChI is InChI=1S/C8H11NOS2/c1-4-9-5(2)7(6(3)10)12-8(9)11/h4H2,1-3H3. The summed E-state index contributed by atoms with van der Waals surface area (Å²) in [5, 5.41) is 0. The molecule has 0 aliphatic heterocycles. The Bertz CT molecular complexity index is 362. The van der Waals surface area contributed by atoms with Gasteiger partial charge in [-0.05, 0) is 26.1 Å². The second-order valence-electron chi connectivity index (χ2n) is 2.58. The van der Waals surface area contributed by atoms with Crippen LogP contribution in [-0.4, -0.2) is 10.4 Å². The normalized spacial score (nSPS) is 10.2. The zero-order chi connectivity index (χ0) is 9.30. The fourth-order valence-electron chi connectivity index (χ4n) is 1.17. The molecule has 1 aromatic heterocycles. The molecule has 0 N–H and O–H groups in total. The third-order valence-electron chi connectivity index (χ3n) is 1.78. The second kappa shape index (κ2) is 3.49. The van der Waals surface area contributed by atoms with Gasteiger partial charge in [0.2, 0.25) is 0 Å². The van der Waals surface area contributed by atoms with E-state index >= 15 is 0 Å². The van der Waals surface area contributed by atoms with Crippen molar-refractivity contribution in [2.75, 3.05) is 0 Å². The Kier molecular flexibility index (Phi) is 2.80. The van der Waals surface area contributed by atoms with Crippen LogP contribution in [0.2, 0.25) is 0 Å². The first-order chi connectivity index (χ1) is 5.57. The molecule has 0 fully saturated rings. The third kappa shape index (κ3) is 1.49.